The van der Waals surface area contributed by atoms with Gasteiger partial charge in [0.2, 0.25) is 0 Å². The van der Waals surface area contributed by atoms with Gasteiger partial charge in [0.1, 0.15) is 5.82 Å². The number of carbonyl (C=O) groups is 2. The number of ether oxygens (including phenoxy) is 2. The van der Waals surface area contributed by atoms with Gasteiger partial charge in [0.25, 0.3) is 5.79 Å². The zero-order chi connectivity index (χ0) is 24.6. The third-order valence-electron chi connectivity index (χ3n) is 6.33. The number of carbonyl (C=O) groups excluding carboxylic acids is 2. The van der Waals surface area contributed by atoms with Crippen molar-refractivity contribution >= 4 is 31.5 Å². The standard InChI is InChI=1S/C25H30ClFO5Si/c1-24(2,3)33(5,6)30-15-17(28)11-13-21(29)18-8-7-9-22-23(18)32-25(4,31-22)19-12-10-16(26)14-20(19)27/h7-10,12,14H,11,13,15H2,1-6H3. The van der Waals surface area contributed by atoms with E-state index in [-0.39, 0.29) is 52.4 Å². The van der Waals surface area contributed by atoms with Gasteiger partial charge in [-0.15, -0.1) is 0 Å². The Morgan fingerprint density at radius 3 is 2.45 bits per heavy atom. The lowest BCUT2D eigenvalue weighted by Gasteiger charge is -2.35. The fourth-order valence-electron chi connectivity index (χ4n) is 3.25. The van der Waals surface area contributed by atoms with Gasteiger partial charge in [0.15, 0.2) is 31.4 Å². The quantitative estimate of drug-likeness (QED) is 0.304. The number of rotatable bonds is 8. The van der Waals surface area contributed by atoms with Crippen molar-refractivity contribution in [1.82, 2.24) is 0 Å². The minimum absolute atomic E-state index is 0.00123. The average molecular weight is 493 g/mol. The van der Waals surface area contributed by atoms with Crippen molar-refractivity contribution in [2.75, 3.05) is 6.61 Å². The van der Waals surface area contributed by atoms with E-state index in [0.717, 1.165) is 0 Å². The minimum atomic E-state index is -2.04. The number of Topliss-reactive ketones (excluding diaryl/α,β-unsaturated/α-hetero) is 2. The number of hydrogen-bond acceptors (Lipinski definition) is 5. The van der Waals surface area contributed by atoms with Crippen molar-refractivity contribution in [3.8, 4) is 11.5 Å². The van der Waals surface area contributed by atoms with Crippen molar-refractivity contribution in [1.29, 1.82) is 0 Å². The van der Waals surface area contributed by atoms with Crippen molar-refractivity contribution in [3.63, 3.8) is 0 Å². The fourth-order valence-corrected chi connectivity index (χ4v) is 4.37. The molecule has 2 aromatic rings. The molecular weight excluding hydrogens is 463 g/mol. The van der Waals surface area contributed by atoms with Crippen LogP contribution in [0.1, 0.15) is 56.5 Å². The Labute approximate surface area is 200 Å². The van der Waals surface area contributed by atoms with Gasteiger partial charge in [-0.2, -0.15) is 0 Å². The van der Waals surface area contributed by atoms with Gasteiger partial charge in [-0.1, -0.05) is 38.4 Å². The second kappa shape index (κ2) is 9.20. The smallest absolute Gasteiger partial charge is 0.278 e. The predicted octanol–water partition coefficient (Wildman–Crippen LogP) is 6.68. The molecule has 0 aromatic heterocycles. The summed E-state index contributed by atoms with van der Waals surface area (Å²) in [7, 11) is -2.04. The molecule has 0 saturated carbocycles. The number of benzene rings is 2. The van der Waals surface area contributed by atoms with E-state index < -0.39 is 19.9 Å². The van der Waals surface area contributed by atoms with Crippen LogP contribution in [0, 0.1) is 5.82 Å². The molecular formula is C25H30ClFO5Si. The second-order valence-corrected chi connectivity index (χ2v) is 15.2. The molecule has 1 unspecified atom stereocenters. The maximum atomic E-state index is 14.5. The summed E-state index contributed by atoms with van der Waals surface area (Å²) in [6.07, 6.45) is 0.0899. The molecule has 0 fully saturated rings. The summed E-state index contributed by atoms with van der Waals surface area (Å²) in [5.41, 5.74) is 0.461. The highest BCUT2D eigenvalue weighted by molar-refractivity contribution is 6.74. The molecule has 2 aromatic carbocycles. The van der Waals surface area contributed by atoms with E-state index >= 15 is 0 Å². The normalized spacial score (nSPS) is 17.8. The van der Waals surface area contributed by atoms with Gasteiger partial charge in [0.05, 0.1) is 17.7 Å². The molecule has 0 bridgehead atoms. The molecule has 3 rings (SSSR count). The monoisotopic (exact) mass is 492 g/mol. The molecule has 1 aliphatic rings. The van der Waals surface area contributed by atoms with Gasteiger partial charge in [0, 0.05) is 24.8 Å². The van der Waals surface area contributed by atoms with Crippen LogP contribution in [-0.2, 0) is 15.0 Å². The van der Waals surface area contributed by atoms with Crippen LogP contribution in [0.4, 0.5) is 4.39 Å². The molecule has 5 nitrogen and oxygen atoms in total. The summed E-state index contributed by atoms with van der Waals surface area (Å²) in [5.74, 6) is -1.81. The molecule has 1 aliphatic heterocycles. The molecule has 0 saturated heterocycles. The molecule has 1 heterocycles. The van der Waals surface area contributed by atoms with Crippen LogP contribution in [0.25, 0.3) is 0 Å². The first-order valence-electron chi connectivity index (χ1n) is 10.9. The molecule has 0 aliphatic carbocycles. The Morgan fingerprint density at radius 1 is 1.12 bits per heavy atom. The summed E-state index contributed by atoms with van der Waals surface area (Å²) in [6.45, 7) is 12.1. The molecule has 178 valence electrons. The Balaban J connectivity index is 1.68. The SMILES string of the molecule is CC1(c2ccc(Cl)cc2F)Oc2cccc(C(=O)CCC(=O)CO[Si](C)(C)C(C)(C)C)c2O1. The van der Waals surface area contributed by atoms with Crippen LogP contribution >= 0.6 is 11.6 Å². The summed E-state index contributed by atoms with van der Waals surface area (Å²) >= 11 is 5.85. The lowest BCUT2D eigenvalue weighted by Crippen LogP contribution is -2.42. The number of hydrogen-bond donors (Lipinski definition) is 0. The number of para-hydroxylation sites is 1. The van der Waals surface area contributed by atoms with Crippen LogP contribution in [0.5, 0.6) is 11.5 Å². The lowest BCUT2D eigenvalue weighted by molar-refractivity contribution is -0.121. The van der Waals surface area contributed by atoms with E-state index in [1.165, 1.54) is 12.1 Å². The molecule has 0 radical (unpaired) electrons. The van der Waals surface area contributed by atoms with Crippen LogP contribution in [0.3, 0.4) is 0 Å². The zero-order valence-corrected chi connectivity index (χ0v) is 21.6. The Morgan fingerprint density at radius 2 is 1.82 bits per heavy atom. The Kier molecular flexibility index (Phi) is 7.08. The van der Waals surface area contributed by atoms with Crippen molar-refractivity contribution in [3.05, 3.63) is 58.4 Å². The van der Waals surface area contributed by atoms with E-state index in [4.69, 9.17) is 25.5 Å². The average Bonchev–Trinajstić information content (AvgIpc) is 3.06. The first kappa shape index (κ1) is 25.4. The highest BCUT2D eigenvalue weighted by Crippen LogP contribution is 2.47. The van der Waals surface area contributed by atoms with E-state index in [9.17, 15) is 14.0 Å². The molecule has 1 atom stereocenters. The minimum Gasteiger partial charge on any atom is -0.444 e. The first-order chi connectivity index (χ1) is 15.2. The van der Waals surface area contributed by atoms with E-state index in [2.05, 4.69) is 33.9 Å². The zero-order valence-electron chi connectivity index (χ0n) is 19.9. The van der Waals surface area contributed by atoms with Gasteiger partial charge < -0.3 is 13.9 Å². The lowest BCUT2D eigenvalue weighted by atomic mass is 10.0. The number of halogens is 2. The summed E-state index contributed by atoms with van der Waals surface area (Å²) < 4.78 is 32.3. The van der Waals surface area contributed by atoms with Gasteiger partial charge in [-0.3, -0.25) is 9.59 Å². The van der Waals surface area contributed by atoms with E-state index in [1.807, 2.05) is 0 Å². The van der Waals surface area contributed by atoms with Crippen LogP contribution in [-0.4, -0.2) is 26.5 Å². The van der Waals surface area contributed by atoms with Crippen LogP contribution in [0.15, 0.2) is 36.4 Å². The van der Waals surface area contributed by atoms with E-state index in [1.54, 1.807) is 31.2 Å². The molecule has 0 amide bonds. The van der Waals surface area contributed by atoms with Crippen molar-refractivity contribution in [2.45, 2.75) is 64.5 Å². The summed E-state index contributed by atoms with van der Waals surface area (Å²) in [4.78, 5) is 25.3. The number of fused-ring (bicyclic) bond motifs is 1. The van der Waals surface area contributed by atoms with Crippen LogP contribution < -0.4 is 9.47 Å². The molecule has 33 heavy (non-hydrogen) atoms. The third-order valence-corrected chi connectivity index (χ3v) is 11.0. The highest BCUT2D eigenvalue weighted by atomic mass is 35.5. The van der Waals surface area contributed by atoms with Crippen LogP contribution in [0.2, 0.25) is 23.2 Å². The highest BCUT2D eigenvalue weighted by Gasteiger charge is 2.42. The van der Waals surface area contributed by atoms with Crippen molar-refractivity contribution in [2.24, 2.45) is 0 Å². The fraction of sp³-hybridized carbons (Fsp3) is 0.440. The van der Waals surface area contributed by atoms with E-state index in [0.29, 0.717) is 11.3 Å². The maximum absolute atomic E-state index is 14.5. The van der Waals surface area contributed by atoms with Gasteiger partial charge >= 0.3 is 0 Å². The molecule has 0 N–H and O–H groups in total. The topological polar surface area (TPSA) is 61.8 Å². The largest absolute Gasteiger partial charge is 0.444 e. The Hall–Kier alpha value is -2.22. The van der Waals surface area contributed by atoms with Crippen molar-refractivity contribution < 1.29 is 27.9 Å². The number of ketones is 2. The predicted molar refractivity (Wildman–Crippen MR) is 128 cm³/mol. The molecule has 8 heteroatoms. The second-order valence-electron chi connectivity index (χ2n) is 9.92. The first-order valence-corrected chi connectivity index (χ1v) is 14.2. The van der Waals surface area contributed by atoms with Gasteiger partial charge in [-0.25, -0.2) is 4.39 Å². The summed E-state index contributed by atoms with van der Waals surface area (Å²) in [6, 6.07) is 9.16. The summed E-state index contributed by atoms with van der Waals surface area (Å²) in [5, 5.41) is 0.259. The van der Waals surface area contributed by atoms with Gasteiger partial charge in [-0.05, 0) is 48.5 Å². The Bertz CT molecular complexity index is 1080. The maximum Gasteiger partial charge on any atom is 0.278 e. The molecule has 0 spiro atoms. The third kappa shape index (κ3) is 5.48.